The third-order valence-corrected chi connectivity index (χ3v) is 3.35. The zero-order chi connectivity index (χ0) is 17.6. The topological polar surface area (TPSA) is 80.9 Å². The summed E-state index contributed by atoms with van der Waals surface area (Å²) in [7, 11) is 1.68. The Bertz CT molecular complexity index is 467. The van der Waals surface area contributed by atoms with E-state index < -0.39 is 0 Å². The number of nitrogens with zero attached hydrogens (tertiary/aromatic N) is 2. The van der Waals surface area contributed by atoms with Crippen molar-refractivity contribution in [3.8, 4) is 0 Å². The lowest BCUT2D eigenvalue weighted by Gasteiger charge is -2.10. The lowest BCUT2D eigenvalue weighted by Crippen LogP contribution is -2.37. The van der Waals surface area contributed by atoms with Gasteiger partial charge in [-0.1, -0.05) is 19.0 Å². The zero-order valence-electron chi connectivity index (χ0n) is 15.8. The van der Waals surface area contributed by atoms with Crippen molar-refractivity contribution in [3.63, 3.8) is 0 Å². The summed E-state index contributed by atoms with van der Waals surface area (Å²) in [6, 6.07) is 1.97. The van der Waals surface area contributed by atoms with Crippen molar-refractivity contribution < 1.29 is 14.0 Å². The first kappa shape index (κ1) is 24.1. The SMILES string of the molecule is CCNC(=NCc1cc(C(C)C)no1)NCCCCOCCOC.I. The molecule has 0 saturated carbocycles. The fraction of sp³-hybridized carbons (Fsp3) is 0.765. The summed E-state index contributed by atoms with van der Waals surface area (Å²) in [5, 5.41) is 10.6. The summed E-state index contributed by atoms with van der Waals surface area (Å²) < 4.78 is 15.7. The molecular formula is C17H33IN4O3. The number of aliphatic imine (C=N–C) groups is 1. The molecule has 25 heavy (non-hydrogen) atoms. The molecule has 0 aromatic carbocycles. The van der Waals surface area contributed by atoms with Crippen LogP contribution in [0.5, 0.6) is 0 Å². The molecule has 0 saturated heterocycles. The van der Waals surface area contributed by atoms with E-state index in [1.54, 1.807) is 7.11 Å². The molecule has 0 atom stereocenters. The molecule has 0 bridgehead atoms. The summed E-state index contributed by atoms with van der Waals surface area (Å²) in [4.78, 5) is 4.53. The Kier molecular flexibility index (Phi) is 14.9. The fourth-order valence-corrected chi connectivity index (χ4v) is 1.95. The minimum Gasteiger partial charge on any atom is -0.382 e. The van der Waals surface area contributed by atoms with E-state index in [4.69, 9.17) is 14.0 Å². The van der Waals surface area contributed by atoms with E-state index in [0.717, 1.165) is 50.0 Å². The van der Waals surface area contributed by atoms with E-state index in [1.807, 2.05) is 13.0 Å². The normalized spacial score (nSPS) is 11.5. The average Bonchev–Trinajstić information content (AvgIpc) is 3.04. The van der Waals surface area contributed by atoms with Crippen LogP contribution in [0.3, 0.4) is 0 Å². The Morgan fingerprint density at radius 3 is 2.68 bits per heavy atom. The van der Waals surface area contributed by atoms with Gasteiger partial charge in [-0.25, -0.2) is 4.99 Å². The highest BCUT2D eigenvalue weighted by atomic mass is 127. The molecule has 7 nitrogen and oxygen atoms in total. The van der Waals surface area contributed by atoms with E-state index in [9.17, 15) is 0 Å². The second kappa shape index (κ2) is 15.4. The van der Waals surface area contributed by atoms with Crippen molar-refractivity contribution in [2.45, 2.75) is 46.1 Å². The molecular weight excluding hydrogens is 435 g/mol. The molecule has 1 heterocycles. The van der Waals surface area contributed by atoms with Crippen LogP contribution in [-0.2, 0) is 16.0 Å². The van der Waals surface area contributed by atoms with Crippen LogP contribution in [0.25, 0.3) is 0 Å². The van der Waals surface area contributed by atoms with Gasteiger partial charge in [-0.2, -0.15) is 0 Å². The molecule has 1 aromatic heterocycles. The number of ether oxygens (including phenoxy) is 2. The molecule has 0 spiro atoms. The van der Waals surface area contributed by atoms with Gasteiger partial charge < -0.3 is 24.6 Å². The second-order valence-electron chi connectivity index (χ2n) is 5.81. The van der Waals surface area contributed by atoms with Crippen LogP contribution in [0.4, 0.5) is 0 Å². The van der Waals surface area contributed by atoms with Crippen LogP contribution in [0.2, 0.25) is 0 Å². The number of rotatable bonds is 12. The maximum Gasteiger partial charge on any atom is 0.191 e. The van der Waals surface area contributed by atoms with Crippen LogP contribution in [0.15, 0.2) is 15.6 Å². The van der Waals surface area contributed by atoms with Crippen molar-refractivity contribution >= 4 is 29.9 Å². The lowest BCUT2D eigenvalue weighted by atomic mass is 10.1. The van der Waals surface area contributed by atoms with Gasteiger partial charge in [-0.05, 0) is 25.7 Å². The number of methoxy groups -OCH3 is 1. The third-order valence-electron chi connectivity index (χ3n) is 3.35. The van der Waals surface area contributed by atoms with Crippen molar-refractivity contribution in [3.05, 3.63) is 17.5 Å². The van der Waals surface area contributed by atoms with Crippen molar-refractivity contribution in [2.24, 2.45) is 4.99 Å². The highest BCUT2D eigenvalue weighted by Gasteiger charge is 2.07. The Balaban J connectivity index is 0.00000576. The largest absolute Gasteiger partial charge is 0.382 e. The lowest BCUT2D eigenvalue weighted by molar-refractivity contribution is 0.0689. The minimum atomic E-state index is 0. The molecule has 1 aromatic rings. The summed E-state index contributed by atoms with van der Waals surface area (Å²) in [6.45, 7) is 10.5. The smallest absolute Gasteiger partial charge is 0.191 e. The molecule has 0 aliphatic carbocycles. The number of halogens is 1. The molecule has 0 amide bonds. The Morgan fingerprint density at radius 1 is 1.24 bits per heavy atom. The van der Waals surface area contributed by atoms with Gasteiger partial charge >= 0.3 is 0 Å². The van der Waals surface area contributed by atoms with Gasteiger partial charge in [0, 0.05) is 32.9 Å². The summed E-state index contributed by atoms with van der Waals surface area (Å²) in [5.41, 5.74) is 0.964. The van der Waals surface area contributed by atoms with Gasteiger partial charge in [0.25, 0.3) is 0 Å². The quantitative estimate of drug-likeness (QED) is 0.213. The highest BCUT2D eigenvalue weighted by Crippen LogP contribution is 2.14. The number of guanidine groups is 1. The maximum absolute atomic E-state index is 5.44. The number of nitrogens with one attached hydrogen (secondary N) is 2. The van der Waals surface area contributed by atoms with E-state index >= 15 is 0 Å². The summed E-state index contributed by atoms with van der Waals surface area (Å²) in [6.07, 6.45) is 2.03. The fourth-order valence-electron chi connectivity index (χ4n) is 1.95. The number of aromatic nitrogens is 1. The first-order chi connectivity index (χ1) is 11.7. The number of hydrogen-bond donors (Lipinski definition) is 2. The van der Waals surface area contributed by atoms with Crippen molar-refractivity contribution in [2.75, 3.05) is 40.0 Å². The molecule has 0 aliphatic heterocycles. The first-order valence-corrected chi connectivity index (χ1v) is 8.71. The molecule has 0 aliphatic rings. The zero-order valence-corrected chi connectivity index (χ0v) is 18.2. The maximum atomic E-state index is 5.44. The van der Waals surface area contributed by atoms with Crippen LogP contribution < -0.4 is 10.6 Å². The van der Waals surface area contributed by atoms with Gasteiger partial charge in [0.2, 0.25) is 0 Å². The molecule has 0 unspecified atom stereocenters. The van der Waals surface area contributed by atoms with Gasteiger partial charge in [-0.3, -0.25) is 0 Å². The Labute approximate surface area is 168 Å². The van der Waals surface area contributed by atoms with Crippen LogP contribution in [-0.4, -0.2) is 51.1 Å². The van der Waals surface area contributed by atoms with Gasteiger partial charge in [0.05, 0.1) is 18.9 Å². The highest BCUT2D eigenvalue weighted by molar-refractivity contribution is 14.0. The average molecular weight is 468 g/mol. The van der Waals surface area contributed by atoms with E-state index in [-0.39, 0.29) is 24.0 Å². The molecule has 0 radical (unpaired) electrons. The van der Waals surface area contributed by atoms with E-state index in [1.165, 1.54) is 0 Å². The van der Waals surface area contributed by atoms with Gasteiger partial charge in [-0.15, -0.1) is 24.0 Å². The molecule has 0 fully saturated rings. The van der Waals surface area contributed by atoms with Crippen LogP contribution >= 0.6 is 24.0 Å². The standard InChI is InChI=1S/C17H32N4O3.HI/c1-5-18-17(19-8-6-7-9-23-11-10-22-4)20-13-15-12-16(14(2)3)21-24-15;/h12,14H,5-11,13H2,1-4H3,(H2,18,19,20);1H. The monoisotopic (exact) mass is 468 g/mol. The van der Waals surface area contributed by atoms with Crippen LogP contribution in [0.1, 0.15) is 51.0 Å². The van der Waals surface area contributed by atoms with Gasteiger partial charge in [0.1, 0.15) is 6.54 Å². The van der Waals surface area contributed by atoms with E-state index in [0.29, 0.717) is 25.7 Å². The first-order valence-electron chi connectivity index (χ1n) is 8.71. The second-order valence-corrected chi connectivity index (χ2v) is 5.81. The minimum absolute atomic E-state index is 0. The Morgan fingerprint density at radius 2 is 2.04 bits per heavy atom. The summed E-state index contributed by atoms with van der Waals surface area (Å²) in [5.74, 6) is 1.94. The predicted octanol–water partition coefficient (Wildman–Crippen LogP) is 2.91. The molecule has 1 rings (SSSR count). The summed E-state index contributed by atoms with van der Waals surface area (Å²) >= 11 is 0. The van der Waals surface area contributed by atoms with Crippen LogP contribution in [0, 0.1) is 0 Å². The van der Waals surface area contributed by atoms with Crippen molar-refractivity contribution in [1.82, 2.24) is 15.8 Å². The molecule has 8 heteroatoms. The third kappa shape index (κ3) is 11.4. The predicted molar refractivity (Wildman–Crippen MR) is 111 cm³/mol. The Hall–Kier alpha value is -0.870. The molecule has 2 N–H and O–H groups in total. The van der Waals surface area contributed by atoms with Gasteiger partial charge in [0.15, 0.2) is 11.7 Å². The molecule has 146 valence electrons. The number of unbranched alkanes of at least 4 members (excludes halogenated alkanes) is 1. The van der Waals surface area contributed by atoms with E-state index in [2.05, 4.69) is 34.6 Å². The van der Waals surface area contributed by atoms with Crippen molar-refractivity contribution in [1.29, 1.82) is 0 Å². The number of hydrogen-bond acceptors (Lipinski definition) is 5.